The lowest BCUT2D eigenvalue weighted by Gasteiger charge is -2.34. The second-order valence-electron chi connectivity index (χ2n) is 13.8. The molecular weight excluding hydrogens is 687 g/mol. The molecule has 4 heterocycles. The Balaban J connectivity index is 1.03. The number of aromatic nitrogens is 1. The Bertz CT molecular complexity index is 2340. The maximum atomic E-state index is 14.4. The van der Waals surface area contributed by atoms with Crippen LogP contribution in [0.4, 0.5) is 5.69 Å². The number of carbonyl (C=O) groups is 2. The fraction of sp³-hybridized carbons (Fsp3) is 0.244. The summed E-state index contributed by atoms with van der Waals surface area (Å²) in [7, 11) is -1.69. The molecule has 3 aliphatic heterocycles. The number of anilines is 1. The molecular formula is C41H41N7O4S. The monoisotopic (exact) mass is 727 g/mol. The number of fused-ring (bicyclic) bond motifs is 2. The van der Waals surface area contributed by atoms with Gasteiger partial charge < -0.3 is 25.4 Å². The number of piperazine rings is 1. The van der Waals surface area contributed by atoms with Crippen LogP contribution in [0.3, 0.4) is 0 Å². The summed E-state index contributed by atoms with van der Waals surface area (Å²) in [5.74, 6) is -0.932. The van der Waals surface area contributed by atoms with Gasteiger partial charge in [-0.25, -0.2) is 8.42 Å². The Hall–Kier alpha value is -5.56. The zero-order valence-corrected chi connectivity index (χ0v) is 30.3. The van der Waals surface area contributed by atoms with Gasteiger partial charge in [0.1, 0.15) is 5.70 Å². The molecule has 270 valence electrons. The van der Waals surface area contributed by atoms with Gasteiger partial charge in [-0.1, -0.05) is 66.7 Å². The topological polar surface area (TPSA) is 130 Å². The number of para-hydroxylation sites is 1. The first kappa shape index (κ1) is 34.5. The zero-order valence-electron chi connectivity index (χ0n) is 29.5. The Kier molecular flexibility index (Phi) is 9.42. The fourth-order valence-corrected chi connectivity index (χ4v) is 9.06. The minimum atomic E-state index is -3.85. The molecule has 0 unspecified atom stereocenters. The number of H-pyrrole nitrogens is 1. The summed E-state index contributed by atoms with van der Waals surface area (Å²) in [5.41, 5.74) is 8.36. The lowest BCUT2D eigenvalue weighted by Crippen LogP contribution is -2.44. The molecule has 0 saturated carbocycles. The third kappa shape index (κ3) is 7.13. The van der Waals surface area contributed by atoms with E-state index >= 15 is 0 Å². The van der Waals surface area contributed by atoms with E-state index in [1.807, 2.05) is 30.5 Å². The highest BCUT2D eigenvalue weighted by atomic mass is 32.2. The van der Waals surface area contributed by atoms with Crippen LogP contribution in [0.15, 0.2) is 114 Å². The number of nitrogens with zero attached hydrogens (tertiary/aromatic N) is 4. The van der Waals surface area contributed by atoms with Crippen molar-refractivity contribution in [3.63, 3.8) is 0 Å². The largest absolute Gasteiger partial charge is 0.374 e. The first-order chi connectivity index (χ1) is 25.7. The van der Waals surface area contributed by atoms with Crippen LogP contribution < -0.4 is 15.5 Å². The van der Waals surface area contributed by atoms with Crippen LogP contribution in [0.1, 0.15) is 38.7 Å². The number of benzene rings is 4. The second kappa shape index (κ2) is 14.5. The Morgan fingerprint density at radius 2 is 1.64 bits per heavy atom. The Morgan fingerprint density at radius 1 is 0.887 bits per heavy atom. The molecule has 1 atom stereocenters. The van der Waals surface area contributed by atoms with E-state index < -0.39 is 22.0 Å². The number of sulfonamides is 1. The van der Waals surface area contributed by atoms with Gasteiger partial charge in [0, 0.05) is 72.9 Å². The molecule has 1 saturated heterocycles. The molecule has 12 heteroatoms. The first-order valence-corrected chi connectivity index (χ1v) is 19.4. The lowest BCUT2D eigenvalue weighted by atomic mass is 9.94. The quantitative estimate of drug-likeness (QED) is 0.176. The van der Waals surface area contributed by atoms with Crippen molar-refractivity contribution in [2.45, 2.75) is 18.3 Å². The van der Waals surface area contributed by atoms with Crippen molar-refractivity contribution in [1.29, 1.82) is 0 Å². The van der Waals surface area contributed by atoms with Crippen molar-refractivity contribution in [1.82, 2.24) is 24.8 Å². The molecule has 1 fully saturated rings. The van der Waals surface area contributed by atoms with Gasteiger partial charge in [-0.05, 0) is 59.1 Å². The summed E-state index contributed by atoms with van der Waals surface area (Å²) >= 11 is 0. The molecule has 8 rings (SSSR count). The highest BCUT2D eigenvalue weighted by molar-refractivity contribution is 7.88. The maximum Gasteiger partial charge on any atom is 0.269 e. The predicted molar refractivity (Wildman–Crippen MR) is 208 cm³/mol. The van der Waals surface area contributed by atoms with Gasteiger partial charge in [-0.15, -0.1) is 0 Å². The standard InChI is InChI=1S/C41H41N7O4S/c1-46-18-20-47(21-19-46)33-13-10-29(11-14-33)31-12-15-34-32(22-31)26-48(40(34)36-23-44-37-5-3-2-4-35(36)37)53(51,52)27-28-6-8-30(9-7-28)39(49)25-45-41(50)38-24-42-16-17-43-38/h2-16,22-24,40,43-44H,17-21,25-27H2,1H3,(H,45,50)/t40-/m1/s1. The SMILES string of the molecule is CN1CCN(c2ccc(-c3ccc4c(c3)CN(S(=O)(=O)Cc3ccc(C(=O)CNC(=O)C5=CN=CCN5)cc3)[C@H]4c3c[nH]c4ccccc34)cc2)CC1. The van der Waals surface area contributed by atoms with E-state index in [2.05, 4.69) is 79.9 Å². The van der Waals surface area contributed by atoms with Crippen molar-refractivity contribution in [2.75, 3.05) is 51.2 Å². The minimum absolute atomic E-state index is 0.195. The molecule has 3 N–H and O–H groups in total. The summed E-state index contributed by atoms with van der Waals surface area (Å²) in [6, 6.07) is 29.0. The van der Waals surface area contributed by atoms with Gasteiger partial charge in [-0.2, -0.15) is 4.31 Å². The number of aromatic amines is 1. The van der Waals surface area contributed by atoms with E-state index in [1.165, 1.54) is 11.9 Å². The number of nitrogens with one attached hydrogen (secondary N) is 3. The molecule has 4 aromatic carbocycles. The van der Waals surface area contributed by atoms with Crippen molar-refractivity contribution in [3.8, 4) is 11.1 Å². The van der Waals surface area contributed by atoms with E-state index in [9.17, 15) is 18.0 Å². The minimum Gasteiger partial charge on any atom is -0.374 e. The highest BCUT2D eigenvalue weighted by Crippen LogP contribution is 2.44. The normalized spacial score (nSPS) is 17.7. The number of ketones is 1. The third-order valence-electron chi connectivity index (χ3n) is 10.4. The van der Waals surface area contributed by atoms with Crippen LogP contribution in [-0.4, -0.2) is 86.8 Å². The molecule has 3 aliphatic rings. The van der Waals surface area contributed by atoms with Gasteiger partial charge in [-0.3, -0.25) is 14.6 Å². The summed E-state index contributed by atoms with van der Waals surface area (Å²) in [6.07, 6.45) is 4.97. The average Bonchev–Trinajstić information content (AvgIpc) is 3.79. The van der Waals surface area contributed by atoms with Crippen LogP contribution in [0, 0.1) is 0 Å². The number of likely N-dealkylation sites (N-methyl/N-ethyl adjacent to an activating group) is 1. The number of carbonyl (C=O) groups excluding carboxylic acids is 2. The molecule has 0 spiro atoms. The fourth-order valence-electron chi connectivity index (χ4n) is 7.39. The molecule has 0 bridgehead atoms. The summed E-state index contributed by atoms with van der Waals surface area (Å²) < 4.78 is 30.4. The summed E-state index contributed by atoms with van der Waals surface area (Å²) in [5, 5.41) is 6.50. The van der Waals surface area contributed by atoms with Gasteiger partial charge >= 0.3 is 0 Å². The first-order valence-electron chi connectivity index (χ1n) is 17.8. The molecule has 53 heavy (non-hydrogen) atoms. The predicted octanol–water partition coefficient (Wildman–Crippen LogP) is 4.84. The van der Waals surface area contributed by atoms with E-state index in [1.54, 1.807) is 34.8 Å². The van der Waals surface area contributed by atoms with Gasteiger partial charge in [0.05, 0.1) is 31.1 Å². The van der Waals surface area contributed by atoms with Crippen LogP contribution >= 0.6 is 0 Å². The number of rotatable bonds is 10. The number of amides is 1. The van der Waals surface area contributed by atoms with Crippen LogP contribution in [0.2, 0.25) is 0 Å². The van der Waals surface area contributed by atoms with E-state index in [0.717, 1.165) is 64.9 Å². The lowest BCUT2D eigenvalue weighted by molar-refractivity contribution is -0.117. The van der Waals surface area contributed by atoms with Crippen molar-refractivity contribution in [3.05, 3.63) is 137 Å². The van der Waals surface area contributed by atoms with Crippen LogP contribution in [-0.2, 0) is 27.1 Å². The maximum absolute atomic E-state index is 14.4. The Labute approximate surface area is 309 Å². The van der Waals surface area contributed by atoms with Gasteiger partial charge in [0.2, 0.25) is 10.0 Å². The summed E-state index contributed by atoms with van der Waals surface area (Å²) in [6.45, 7) is 4.58. The number of Topliss-reactive ketones (excluding diaryl/α,β-unsaturated/α-hetero) is 1. The number of hydrogen-bond acceptors (Lipinski definition) is 8. The molecule has 11 nitrogen and oxygen atoms in total. The molecule has 5 aromatic rings. The zero-order chi connectivity index (χ0) is 36.5. The van der Waals surface area contributed by atoms with Crippen LogP contribution in [0.5, 0.6) is 0 Å². The van der Waals surface area contributed by atoms with Gasteiger partial charge in [0.15, 0.2) is 5.78 Å². The third-order valence-corrected chi connectivity index (χ3v) is 12.1. The number of hydrogen-bond donors (Lipinski definition) is 3. The smallest absolute Gasteiger partial charge is 0.269 e. The Morgan fingerprint density at radius 3 is 2.40 bits per heavy atom. The highest BCUT2D eigenvalue weighted by Gasteiger charge is 2.40. The molecule has 0 radical (unpaired) electrons. The van der Waals surface area contributed by atoms with Crippen molar-refractivity contribution >= 4 is 44.5 Å². The van der Waals surface area contributed by atoms with E-state index in [-0.39, 0.29) is 24.6 Å². The van der Waals surface area contributed by atoms with E-state index in [4.69, 9.17) is 0 Å². The van der Waals surface area contributed by atoms with E-state index in [0.29, 0.717) is 23.4 Å². The molecule has 1 amide bonds. The van der Waals surface area contributed by atoms with Crippen molar-refractivity contribution in [2.24, 2.45) is 4.99 Å². The second-order valence-corrected chi connectivity index (χ2v) is 15.7. The molecule has 0 aliphatic carbocycles. The average molecular weight is 728 g/mol. The van der Waals surface area contributed by atoms with Crippen LogP contribution in [0.25, 0.3) is 22.0 Å². The van der Waals surface area contributed by atoms with Gasteiger partial charge in [0.25, 0.3) is 5.91 Å². The van der Waals surface area contributed by atoms with Crippen molar-refractivity contribution < 1.29 is 18.0 Å². The number of aliphatic imine (C=N–C) groups is 1. The summed E-state index contributed by atoms with van der Waals surface area (Å²) in [4.78, 5) is 37.3. The molecule has 1 aromatic heterocycles.